The molecule has 1 amide bonds. The van der Waals surface area contributed by atoms with Crippen LogP contribution in [0.15, 0.2) is 24.3 Å². The molecule has 0 saturated carbocycles. The van der Waals surface area contributed by atoms with Crippen LogP contribution in [0.2, 0.25) is 0 Å². The Morgan fingerprint density at radius 1 is 1.19 bits per heavy atom. The summed E-state index contributed by atoms with van der Waals surface area (Å²) in [7, 11) is 0. The first-order chi connectivity index (χ1) is 12.4. The molecule has 1 aromatic heterocycles. The number of aryl methyl sites for hydroxylation is 1. The molecule has 138 valence electrons. The second kappa shape index (κ2) is 9.15. The van der Waals surface area contributed by atoms with Gasteiger partial charge >= 0.3 is 0 Å². The fourth-order valence-electron chi connectivity index (χ4n) is 2.27. The number of ketones is 1. The van der Waals surface area contributed by atoms with Gasteiger partial charge in [-0.05, 0) is 44.5 Å². The highest BCUT2D eigenvalue weighted by Gasteiger charge is 2.12. The molecule has 1 heterocycles. The highest BCUT2D eigenvalue weighted by molar-refractivity contribution is 7.17. The maximum atomic E-state index is 12.1. The molecule has 0 unspecified atom stereocenters. The molecule has 0 aliphatic rings. The normalized spacial score (nSPS) is 10.8. The molecule has 0 aliphatic heterocycles. The summed E-state index contributed by atoms with van der Waals surface area (Å²) in [4.78, 5) is 28.3. The Morgan fingerprint density at radius 2 is 1.88 bits per heavy atom. The number of Topliss-reactive ketones (excluding diaryl/α,β-unsaturated/α-hetero) is 1. The molecule has 1 N–H and O–H groups in total. The van der Waals surface area contributed by atoms with E-state index in [1.165, 1.54) is 24.3 Å². The largest absolute Gasteiger partial charge is 0.490 e. The van der Waals surface area contributed by atoms with Gasteiger partial charge in [-0.1, -0.05) is 17.4 Å². The summed E-state index contributed by atoms with van der Waals surface area (Å²) < 4.78 is 11.1. The first-order valence-electron chi connectivity index (χ1n) is 8.31. The van der Waals surface area contributed by atoms with Crippen LogP contribution in [0.1, 0.15) is 41.7 Å². The van der Waals surface area contributed by atoms with Gasteiger partial charge in [0.25, 0.3) is 0 Å². The van der Waals surface area contributed by atoms with Crippen molar-refractivity contribution in [2.45, 2.75) is 27.7 Å². The number of nitrogens with one attached hydrogen (secondary N) is 1. The second-order valence-electron chi connectivity index (χ2n) is 5.38. The number of nitrogens with zero attached hydrogens (tertiary/aromatic N) is 1. The Hall–Kier alpha value is -2.67. The van der Waals surface area contributed by atoms with E-state index >= 15 is 0 Å². The molecule has 0 radical (unpaired) electrons. The van der Waals surface area contributed by atoms with E-state index in [0.29, 0.717) is 40.4 Å². The van der Waals surface area contributed by atoms with Crippen molar-refractivity contribution in [1.82, 2.24) is 4.98 Å². The zero-order chi connectivity index (χ0) is 19.1. The van der Waals surface area contributed by atoms with E-state index in [0.717, 1.165) is 5.56 Å². The fourth-order valence-corrected chi connectivity index (χ4v) is 3.13. The maximum Gasteiger partial charge on any atom is 0.250 e. The van der Waals surface area contributed by atoms with Gasteiger partial charge in [0, 0.05) is 13.0 Å². The Kier molecular flexibility index (Phi) is 6.91. The number of thiazole rings is 1. The first kappa shape index (κ1) is 19.7. The zero-order valence-corrected chi connectivity index (χ0v) is 16.1. The first-order valence-corrected chi connectivity index (χ1v) is 9.13. The van der Waals surface area contributed by atoms with E-state index < -0.39 is 0 Å². The predicted octanol–water partition coefficient (Wildman–Crippen LogP) is 4.10. The maximum absolute atomic E-state index is 12.1. The fraction of sp³-hybridized carbons (Fsp3) is 0.316. The minimum atomic E-state index is -0.319. The minimum absolute atomic E-state index is 0.0612. The third kappa shape index (κ3) is 5.16. The van der Waals surface area contributed by atoms with Gasteiger partial charge < -0.3 is 9.47 Å². The lowest BCUT2D eigenvalue weighted by molar-refractivity contribution is -0.111. The summed E-state index contributed by atoms with van der Waals surface area (Å²) in [5, 5.41) is 3.08. The molecule has 7 heteroatoms. The highest BCUT2D eigenvalue weighted by Crippen LogP contribution is 2.29. The minimum Gasteiger partial charge on any atom is -0.490 e. The lowest BCUT2D eigenvalue weighted by atomic mass is 10.2. The van der Waals surface area contributed by atoms with E-state index in [1.54, 1.807) is 13.0 Å². The molecule has 0 bridgehead atoms. The van der Waals surface area contributed by atoms with Crippen LogP contribution in [0.3, 0.4) is 0 Å². The van der Waals surface area contributed by atoms with Gasteiger partial charge in [-0.25, -0.2) is 4.98 Å². The number of aromatic nitrogens is 1. The molecule has 6 nitrogen and oxygen atoms in total. The van der Waals surface area contributed by atoms with Crippen molar-refractivity contribution in [2.75, 3.05) is 18.5 Å². The van der Waals surface area contributed by atoms with Crippen molar-refractivity contribution in [2.24, 2.45) is 0 Å². The number of hydrogen-bond donors (Lipinski definition) is 1. The number of anilines is 1. The third-order valence-electron chi connectivity index (χ3n) is 3.34. The Morgan fingerprint density at radius 3 is 2.50 bits per heavy atom. The average Bonchev–Trinajstić information content (AvgIpc) is 2.96. The smallest absolute Gasteiger partial charge is 0.250 e. The summed E-state index contributed by atoms with van der Waals surface area (Å²) in [6.07, 6.45) is 3.09. The van der Waals surface area contributed by atoms with Crippen LogP contribution in [0, 0.1) is 6.92 Å². The monoisotopic (exact) mass is 374 g/mol. The second-order valence-corrected chi connectivity index (χ2v) is 6.38. The molecular formula is C19H22N2O4S. The third-order valence-corrected chi connectivity index (χ3v) is 4.51. The molecule has 26 heavy (non-hydrogen) atoms. The van der Waals surface area contributed by atoms with Crippen LogP contribution in [-0.4, -0.2) is 29.9 Å². The van der Waals surface area contributed by atoms with Crippen molar-refractivity contribution in [3.05, 3.63) is 40.4 Å². The SMILES string of the molecule is CCOc1ccc(/C=C/C(=O)Nc2nc(C)c(C(C)=O)s2)cc1OCC. The van der Waals surface area contributed by atoms with Crippen LogP contribution in [0.5, 0.6) is 11.5 Å². The van der Waals surface area contributed by atoms with Crippen molar-refractivity contribution < 1.29 is 19.1 Å². The molecule has 0 atom stereocenters. The van der Waals surface area contributed by atoms with Crippen molar-refractivity contribution in [3.8, 4) is 11.5 Å². The quantitative estimate of drug-likeness (QED) is 0.556. The summed E-state index contributed by atoms with van der Waals surface area (Å²) >= 11 is 1.17. The van der Waals surface area contributed by atoms with Gasteiger partial charge in [0.05, 0.1) is 23.8 Å². The summed E-state index contributed by atoms with van der Waals surface area (Å²) in [5.74, 6) is 0.930. The Bertz CT molecular complexity index is 827. The van der Waals surface area contributed by atoms with Crippen molar-refractivity contribution >= 4 is 34.2 Å². The average molecular weight is 374 g/mol. The Labute approximate surface area is 156 Å². The lowest BCUT2D eigenvalue weighted by Gasteiger charge is -2.11. The number of benzene rings is 1. The summed E-state index contributed by atoms with van der Waals surface area (Å²) in [6, 6.07) is 5.48. The summed E-state index contributed by atoms with van der Waals surface area (Å²) in [5.41, 5.74) is 1.43. The molecular weight excluding hydrogens is 352 g/mol. The number of amides is 1. The van der Waals surface area contributed by atoms with E-state index in [4.69, 9.17) is 9.47 Å². The van der Waals surface area contributed by atoms with Crippen LogP contribution in [0.4, 0.5) is 5.13 Å². The highest BCUT2D eigenvalue weighted by atomic mass is 32.1. The molecule has 1 aromatic carbocycles. The molecule has 0 saturated heterocycles. The van der Waals surface area contributed by atoms with Crippen molar-refractivity contribution in [1.29, 1.82) is 0 Å². The lowest BCUT2D eigenvalue weighted by Crippen LogP contribution is -2.07. The number of ether oxygens (including phenoxy) is 2. The van der Waals surface area contributed by atoms with Crippen molar-refractivity contribution in [3.63, 3.8) is 0 Å². The van der Waals surface area contributed by atoms with Gasteiger partial charge in [0.15, 0.2) is 22.4 Å². The van der Waals surface area contributed by atoms with Gasteiger partial charge in [0.1, 0.15) is 0 Å². The number of carbonyl (C=O) groups excluding carboxylic acids is 2. The van der Waals surface area contributed by atoms with Crippen LogP contribution in [0.25, 0.3) is 6.08 Å². The van der Waals surface area contributed by atoms with Gasteiger partial charge in [-0.3, -0.25) is 14.9 Å². The number of rotatable bonds is 8. The molecule has 0 aliphatic carbocycles. The molecule has 0 spiro atoms. The topological polar surface area (TPSA) is 77.5 Å². The van der Waals surface area contributed by atoms with Crippen LogP contribution >= 0.6 is 11.3 Å². The van der Waals surface area contributed by atoms with Gasteiger partial charge in [-0.15, -0.1) is 0 Å². The predicted molar refractivity (Wildman–Crippen MR) is 103 cm³/mol. The van der Waals surface area contributed by atoms with E-state index in [-0.39, 0.29) is 11.7 Å². The number of hydrogen-bond acceptors (Lipinski definition) is 6. The van der Waals surface area contributed by atoms with E-state index in [9.17, 15) is 9.59 Å². The molecule has 2 aromatic rings. The van der Waals surface area contributed by atoms with E-state index in [2.05, 4.69) is 10.3 Å². The number of carbonyl (C=O) groups is 2. The summed E-state index contributed by atoms with van der Waals surface area (Å²) in [6.45, 7) is 8.10. The van der Waals surface area contributed by atoms with Crippen LogP contribution in [-0.2, 0) is 4.79 Å². The molecule has 2 rings (SSSR count). The Balaban J connectivity index is 2.08. The standard InChI is InChI=1S/C19H22N2O4S/c1-5-24-15-9-7-14(11-16(15)25-6-2)8-10-17(23)21-19-20-12(3)18(26-19)13(4)22/h7-11H,5-6H2,1-4H3,(H,20,21,23)/b10-8+. The van der Waals surface area contributed by atoms with Gasteiger partial charge in [0.2, 0.25) is 5.91 Å². The molecule has 0 fully saturated rings. The van der Waals surface area contributed by atoms with Crippen LogP contribution < -0.4 is 14.8 Å². The zero-order valence-electron chi connectivity index (χ0n) is 15.3. The van der Waals surface area contributed by atoms with E-state index in [1.807, 2.05) is 32.0 Å². The van der Waals surface area contributed by atoms with Gasteiger partial charge in [-0.2, -0.15) is 0 Å².